The van der Waals surface area contributed by atoms with Gasteiger partial charge in [0, 0.05) is 60.4 Å². The van der Waals surface area contributed by atoms with Gasteiger partial charge in [-0.15, -0.1) is 0 Å². The molecule has 10 rings (SSSR count). The molecular formula is C42H51Cl2FN14S2. The Morgan fingerprint density at radius 2 is 1.10 bits per heavy atom. The van der Waals surface area contributed by atoms with Crippen molar-refractivity contribution in [3.05, 3.63) is 70.0 Å². The molecule has 2 spiro atoms. The molecule has 12 N–H and O–H groups in total. The largest absolute Gasteiger partial charge is 0.382 e. The zero-order valence-electron chi connectivity index (χ0n) is 33.7. The van der Waals surface area contributed by atoms with Gasteiger partial charge in [-0.1, -0.05) is 70.0 Å². The summed E-state index contributed by atoms with van der Waals surface area (Å²) in [5.41, 5.74) is 40.5. The molecule has 322 valence electrons. The lowest BCUT2D eigenvalue weighted by atomic mass is 9.72. The number of nitrogens with two attached hydrogens (primary N) is 6. The van der Waals surface area contributed by atoms with Crippen LogP contribution in [0.15, 0.2) is 73.9 Å². The van der Waals surface area contributed by atoms with Crippen molar-refractivity contribution in [1.82, 2.24) is 29.9 Å². The van der Waals surface area contributed by atoms with Gasteiger partial charge < -0.3 is 44.2 Å². The second kappa shape index (κ2) is 16.9. The zero-order chi connectivity index (χ0) is 42.6. The summed E-state index contributed by atoms with van der Waals surface area (Å²) in [6.07, 6.45) is 21.0. The first-order chi connectivity index (χ1) is 29.3. The molecule has 19 heteroatoms. The molecular weight excluding hydrogens is 855 g/mol. The maximum Gasteiger partial charge on any atom is 0.257 e. The SMILES string of the molecule is Nc1nc(N2CCC3(CC=C(C4CC4)[C@H]3N)CC2)c(F)nc1Sc1ccnc(N)c1Cl.Nc1nc(N2CCC3(CC=C(C4CC4)[C@H]3N)CC2)cnc1Sc1ccnc(N)c1Cl. The maximum absolute atomic E-state index is 14.9. The molecule has 4 aromatic rings. The highest BCUT2D eigenvalue weighted by Gasteiger charge is 2.49. The number of allylic oxidation sites excluding steroid dienone is 2. The van der Waals surface area contributed by atoms with E-state index in [-0.39, 0.29) is 56.2 Å². The quantitative estimate of drug-likeness (QED) is 0.0964. The molecule has 0 bridgehead atoms. The lowest BCUT2D eigenvalue weighted by molar-refractivity contribution is 0.202. The van der Waals surface area contributed by atoms with E-state index in [0.29, 0.717) is 39.8 Å². The Labute approximate surface area is 373 Å². The van der Waals surface area contributed by atoms with Gasteiger partial charge in [0.05, 0.1) is 16.2 Å². The molecule has 0 unspecified atom stereocenters. The number of aromatic nitrogens is 6. The van der Waals surface area contributed by atoms with Crippen LogP contribution in [0.1, 0.15) is 64.2 Å². The Bertz CT molecular complexity index is 2380. The van der Waals surface area contributed by atoms with Crippen molar-refractivity contribution in [2.45, 2.75) is 96.1 Å². The highest BCUT2D eigenvalue weighted by molar-refractivity contribution is 7.99. The molecule has 2 aliphatic heterocycles. The molecule has 0 radical (unpaired) electrons. The fraction of sp³-hybridized carbons (Fsp3) is 0.476. The van der Waals surface area contributed by atoms with Crippen molar-refractivity contribution in [2.75, 3.05) is 58.9 Å². The standard InChI is InChI=1S/C21H25ClFN7S.C21H26ClN7S/c22-14-13(4-8-27-17(14)25)31-20-18(26)29-19(16(23)28-20)30-9-6-21(7-10-30)5-3-12(15(21)24)11-1-2-11;22-16-14(4-8-26-18(16)24)30-20-19(25)28-15(11-27-20)29-9-6-21(7-10-29)5-3-13(17(21)23)12-1-2-12/h3-4,8,11,15H,1-2,5-7,9-10,24H2,(H2,25,27)(H2,26,29);3-4,8,11-12,17H,1-2,5-7,9-10,23H2,(H2,24,26)(H2,25,28)/t15-;17-/m11/s1. The lowest BCUT2D eigenvalue weighted by Gasteiger charge is -2.43. The van der Waals surface area contributed by atoms with E-state index in [0.717, 1.165) is 80.0 Å². The molecule has 14 nitrogen and oxygen atoms in total. The van der Waals surface area contributed by atoms with E-state index in [4.69, 9.17) is 57.6 Å². The molecule has 2 atom stereocenters. The maximum atomic E-state index is 14.9. The molecule has 4 fully saturated rings. The van der Waals surface area contributed by atoms with E-state index in [9.17, 15) is 4.39 Å². The number of hydrogen-bond acceptors (Lipinski definition) is 16. The summed E-state index contributed by atoms with van der Waals surface area (Å²) >= 11 is 14.9. The molecule has 61 heavy (non-hydrogen) atoms. The van der Waals surface area contributed by atoms with Crippen molar-refractivity contribution in [3.63, 3.8) is 0 Å². The number of nitrogen functional groups attached to an aromatic ring is 4. The summed E-state index contributed by atoms with van der Waals surface area (Å²) in [4.78, 5) is 31.0. The first-order valence-electron chi connectivity index (χ1n) is 20.9. The van der Waals surface area contributed by atoms with E-state index in [2.05, 4.69) is 47.0 Å². The van der Waals surface area contributed by atoms with Gasteiger partial charge in [-0.3, -0.25) is 0 Å². The second-order valence-electron chi connectivity index (χ2n) is 17.2. The zero-order valence-corrected chi connectivity index (χ0v) is 36.9. The molecule has 2 saturated carbocycles. The topological polar surface area (TPSA) is 240 Å². The Morgan fingerprint density at radius 3 is 1.59 bits per heavy atom. The minimum atomic E-state index is -0.640. The Kier molecular flexibility index (Phi) is 11.7. The van der Waals surface area contributed by atoms with Crippen molar-refractivity contribution in [3.8, 4) is 0 Å². The van der Waals surface area contributed by atoms with E-state index >= 15 is 0 Å². The average molecular weight is 906 g/mol. The number of hydrogen-bond donors (Lipinski definition) is 6. The summed E-state index contributed by atoms with van der Waals surface area (Å²) in [7, 11) is 0. The number of nitrogens with zero attached hydrogens (tertiary/aromatic N) is 8. The van der Waals surface area contributed by atoms with Crippen molar-refractivity contribution in [1.29, 1.82) is 0 Å². The lowest BCUT2D eigenvalue weighted by Crippen LogP contribution is -2.48. The fourth-order valence-electron chi connectivity index (χ4n) is 9.45. The number of rotatable bonds is 8. The number of anilines is 6. The van der Waals surface area contributed by atoms with Gasteiger partial charge >= 0.3 is 0 Å². The normalized spacial score (nSPS) is 22.9. The van der Waals surface area contributed by atoms with E-state index in [1.165, 1.54) is 54.8 Å². The van der Waals surface area contributed by atoms with Gasteiger partial charge in [0.25, 0.3) is 5.95 Å². The minimum Gasteiger partial charge on any atom is -0.382 e. The summed E-state index contributed by atoms with van der Waals surface area (Å²) < 4.78 is 14.9. The highest BCUT2D eigenvalue weighted by atomic mass is 35.5. The van der Waals surface area contributed by atoms with Gasteiger partial charge in [0.1, 0.15) is 27.5 Å². The summed E-state index contributed by atoms with van der Waals surface area (Å²) in [5.74, 6) is 2.86. The molecule has 6 heterocycles. The van der Waals surface area contributed by atoms with Crippen molar-refractivity contribution >= 4 is 81.6 Å². The number of piperidine rings is 2. The van der Waals surface area contributed by atoms with Gasteiger partial charge in [-0.25, -0.2) is 29.9 Å². The van der Waals surface area contributed by atoms with Crippen LogP contribution in [0.3, 0.4) is 0 Å². The van der Waals surface area contributed by atoms with Crippen LogP contribution in [0.4, 0.5) is 39.3 Å². The Morgan fingerprint density at radius 1 is 0.623 bits per heavy atom. The van der Waals surface area contributed by atoms with Crippen LogP contribution in [-0.2, 0) is 0 Å². The van der Waals surface area contributed by atoms with Gasteiger partial charge in [-0.05, 0) is 99.0 Å². The third kappa shape index (κ3) is 8.41. The first-order valence-corrected chi connectivity index (χ1v) is 23.3. The molecule has 0 aromatic carbocycles. The molecule has 0 amide bonds. The smallest absolute Gasteiger partial charge is 0.257 e. The predicted octanol–water partition coefficient (Wildman–Crippen LogP) is 7.13. The third-order valence-electron chi connectivity index (χ3n) is 13.5. The number of pyridine rings is 2. The second-order valence-corrected chi connectivity index (χ2v) is 20.0. The minimum absolute atomic E-state index is 0.0949. The number of halogens is 3. The van der Waals surface area contributed by atoms with Crippen molar-refractivity contribution in [2.24, 2.45) is 34.1 Å². The first kappa shape index (κ1) is 42.2. The summed E-state index contributed by atoms with van der Waals surface area (Å²) in [6, 6.07) is 3.81. The molecule has 6 aliphatic rings. The average Bonchev–Trinajstić information content (AvgIpc) is 4.21. The van der Waals surface area contributed by atoms with Crippen LogP contribution < -0.4 is 44.2 Å². The van der Waals surface area contributed by atoms with Crippen LogP contribution in [0.5, 0.6) is 0 Å². The van der Waals surface area contributed by atoms with Crippen LogP contribution in [0, 0.1) is 28.6 Å². The monoisotopic (exact) mass is 904 g/mol. The van der Waals surface area contributed by atoms with E-state index in [1.807, 2.05) is 4.90 Å². The summed E-state index contributed by atoms with van der Waals surface area (Å²) in [6.45, 7) is 3.22. The van der Waals surface area contributed by atoms with E-state index < -0.39 is 5.95 Å². The van der Waals surface area contributed by atoms with Gasteiger partial charge in [-0.2, -0.15) is 4.39 Å². The van der Waals surface area contributed by atoms with E-state index in [1.54, 1.807) is 24.5 Å². The van der Waals surface area contributed by atoms with Crippen LogP contribution in [-0.4, -0.2) is 68.2 Å². The van der Waals surface area contributed by atoms with Gasteiger partial charge in [0.15, 0.2) is 17.5 Å². The third-order valence-corrected chi connectivity index (χ3v) is 16.7. The van der Waals surface area contributed by atoms with Gasteiger partial charge in [0.2, 0.25) is 0 Å². The van der Waals surface area contributed by atoms with Crippen LogP contribution >= 0.6 is 46.7 Å². The molecule has 4 aromatic heterocycles. The summed E-state index contributed by atoms with van der Waals surface area (Å²) in [5, 5.41) is 1.54. The fourth-order valence-corrected chi connectivity index (χ4v) is 11.5. The molecule has 2 saturated heterocycles. The highest BCUT2D eigenvalue weighted by Crippen LogP contribution is 2.53. The van der Waals surface area contributed by atoms with Crippen LogP contribution in [0.2, 0.25) is 10.0 Å². The van der Waals surface area contributed by atoms with Crippen LogP contribution in [0.25, 0.3) is 0 Å². The Hall–Kier alpha value is -4.13. The predicted molar refractivity (Wildman–Crippen MR) is 243 cm³/mol. The van der Waals surface area contributed by atoms with Crippen molar-refractivity contribution < 1.29 is 4.39 Å². The Balaban J connectivity index is 0.000000156. The molecule has 4 aliphatic carbocycles.